The number of nitrogens with one attached hydrogen (secondary N) is 3. The minimum absolute atomic E-state index is 0.162. The highest BCUT2D eigenvalue weighted by Gasteiger charge is 2.25. The molecule has 0 radical (unpaired) electrons. The van der Waals surface area contributed by atoms with Crippen molar-refractivity contribution in [3.63, 3.8) is 0 Å². The highest BCUT2D eigenvalue weighted by atomic mass is 35.5. The molecule has 0 fully saturated rings. The van der Waals surface area contributed by atoms with E-state index in [-0.39, 0.29) is 17.1 Å². The summed E-state index contributed by atoms with van der Waals surface area (Å²) in [7, 11) is 0. The summed E-state index contributed by atoms with van der Waals surface area (Å²) in [5.74, 6) is 0.217. The molecule has 1 aliphatic rings. The van der Waals surface area contributed by atoms with Gasteiger partial charge in [-0.25, -0.2) is 4.98 Å². The second kappa shape index (κ2) is 4.94. The van der Waals surface area contributed by atoms with Crippen LogP contribution >= 0.6 is 11.6 Å². The molecule has 1 unspecified atom stereocenters. The molecule has 19 heavy (non-hydrogen) atoms. The highest BCUT2D eigenvalue weighted by molar-refractivity contribution is 6.29. The number of aromatic nitrogens is 4. The molecule has 0 aliphatic carbocycles. The Morgan fingerprint density at radius 3 is 3.11 bits per heavy atom. The monoisotopic (exact) mass is 278 g/mol. The molecule has 0 bridgehead atoms. The Bertz CT molecular complexity index is 595. The van der Waals surface area contributed by atoms with Gasteiger partial charge in [0.15, 0.2) is 11.0 Å². The Morgan fingerprint density at radius 1 is 1.42 bits per heavy atom. The predicted molar refractivity (Wildman–Crippen MR) is 68.6 cm³/mol. The Balaban J connectivity index is 1.67. The zero-order valence-corrected chi connectivity index (χ0v) is 10.6. The van der Waals surface area contributed by atoms with E-state index in [4.69, 9.17) is 11.6 Å². The van der Waals surface area contributed by atoms with Gasteiger partial charge in [0.05, 0.1) is 23.8 Å². The number of imidazole rings is 1. The highest BCUT2D eigenvalue weighted by Crippen LogP contribution is 2.13. The number of nitrogens with zero attached hydrogens (tertiary/aromatic N) is 3. The van der Waals surface area contributed by atoms with Gasteiger partial charge in [-0.1, -0.05) is 11.6 Å². The molecule has 1 amide bonds. The molecule has 0 saturated carbocycles. The van der Waals surface area contributed by atoms with Crippen molar-refractivity contribution in [2.75, 3.05) is 5.32 Å². The van der Waals surface area contributed by atoms with Gasteiger partial charge < -0.3 is 10.3 Å². The van der Waals surface area contributed by atoms with Crippen molar-refractivity contribution in [2.24, 2.45) is 0 Å². The zero-order valence-electron chi connectivity index (χ0n) is 9.85. The first kappa shape index (κ1) is 12.1. The van der Waals surface area contributed by atoms with Crippen LogP contribution in [0.4, 0.5) is 5.82 Å². The van der Waals surface area contributed by atoms with Gasteiger partial charge in [-0.3, -0.25) is 10.1 Å². The van der Waals surface area contributed by atoms with Gasteiger partial charge >= 0.3 is 0 Å². The van der Waals surface area contributed by atoms with Gasteiger partial charge in [-0.15, -0.1) is 10.2 Å². The lowest BCUT2D eigenvalue weighted by Crippen LogP contribution is -2.44. The maximum Gasteiger partial charge on any atom is 0.243 e. The van der Waals surface area contributed by atoms with E-state index < -0.39 is 0 Å². The number of H-pyrrole nitrogens is 1. The van der Waals surface area contributed by atoms with Crippen molar-refractivity contribution in [1.82, 2.24) is 25.5 Å². The van der Waals surface area contributed by atoms with E-state index in [9.17, 15) is 4.79 Å². The molecular weight excluding hydrogens is 268 g/mol. The summed E-state index contributed by atoms with van der Waals surface area (Å²) >= 11 is 5.63. The van der Waals surface area contributed by atoms with Crippen LogP contribution in [0, 0.1) is 0 Å². The number of fused-ring (bicyclic) bond motifs is 1. The number of carbonyl (C=O) groups excluding carboxylic acids is 1. The van der Waals surface area contributed by atoms with E-state index >= 15 is 0 Å². The topological polar surface area (TPSA) is 95.6 Å². The lowest BCUT2D eigenvalue weighted by molar-refractivity contribution is -0.118. The fourth-order valence-corrected chi connectivity index (χ4v) is 2.05. The smallest absolute Gasteiger partial charge is 0.243 e. The number of hydrogen-bond donors (Lipinski definition) is 3. The minimum Gasteiger partial charge on any atom is -0.347 e. The Hall–Kier alpha value is -1.99. The number of hydrogen-bond acceptors (Lipinski definition) is 5. The van der Waals surface area contributed by atoms with Crippen LogP contribution in [-0.2, 0) is 17.8 Å². The van der Waals surface area contributed by atoms with Crippen LogP contribution < -0.4 is 10.6 Å². The summed E-state index contributed by atoms with van der Waals surface area (Å²) < 4.78 is 0. The summed E-state index contributed by atoms with van der Waals surface area (Å²) in [6.07, 6.45) is 2.18. The average Bonchev–Trinajstić information content (AvgIpc) is 2.88. The number of halogens is 1. The van der Waals surface area contributed by atoms with Gasteiger partial charge in [0.1, 0.15) is 0 Å². The second-order valence-corrected chi connectivity index (χ2v) is 4.58. The van der Waals surface area contributed by atoms with Crippen molar-refractivity contribution in [1.29, 1.82) is 0 Å². The minimum atomic E-state index is -0.326. The summed E-state index contributed by atoms with van der Waals surface area (Å²) in [5.41, 5.74) is 1.94. The van der Waals surface area contributed by atoms with E-state index in [2.05, 4.69) is 30.8 Å². The number of carbonyl (C=O) groups is 1. The number of anilines is 1. The van der Waals surface area contributed by atoms with E-state index in [0.29, 0.717) is 18.8 Å². The lowest BCUT2D eigenvalue weighted by Gasteiger charge is -2.21. The SMILES string of the molecule is O=C(Nc1ccc(Cl)nn1)C1Cc2nc[nH]c2CN1. The van der Waals surface area contributed by atoms with E-state index in [1.165, 1.54) is 0 Å². The molecule has 0 spiro atoms. The molecule has 2 aromatic rings. The van der Waals surface area contributed by atoms with Gasteiger partial charge in [-0.05, 0) is 12.1 Å². The standard InChI is InChI=1S/C11H11ClN6O/c12-9-1-2-10(18-17-9)16-11(19)7-3-6-8(4-13-7)15-5-14-6/h1-2,5,7,13H,3-4H2,(H,14,15)(H,16,18,19). The van der Waals surface area contributed by atoms with Crippen molar-refractivity contribution in [3.8, 4) is 0 Å². The van der Waals surface area contributed by atoms with Crippen LogP contribution in [0.25, 0.3) is 0 Å². The first-order valence-electron chi connectivity index (χ1n) is 5.77. The molecule has 1 aliphatic heterocycles. The van der Waals surface area contributed by atoms with Crippen LogP contribution in [0.5, 0.6) is 0 Å². The van der Waals surface area contributed by atoms with Crippen LogP contribution in [0.3, 0.4) is 0 Å². The molecule has 2 aromatic heterocycles. The molecule has 8 heteroatoms. The Kier molecular flexibility index (Phi) is 3.14. The normalized spacial score (nSPS) is 17.8. The maximum atomic E-state index is 12.1. The van der Waals surface area contributed by atoms with Crippen molar-refractivity contribution < 1.29 is 4.79 Å². The molecule has 98 valence electrons. The van der Waals surface area contributed by atoms with Gasteiger partial charge in [-0.2, -0.15) is 0 Å². The van der Waals surface area contributed by atoms with Gasteiger partial charge in [0.2, 0.25) is 5.91 Å². The summed E-state index contributed by atoms with van der Waals surface area (Å²) in [6, 6.07) is 2.86. The fraction of sp³-hybridized carbons (Fsp3) is 0.273. The third kappa shape index (κ3) is 2.56. The average molecular weight is 279 g/mol. The van der Waals surface area contributed by atoms with Crippen molar-refractivity contribution in [3.05, 3.63) is 35.0 Å². The first-order chi connectivity index (χ1) is 9.22. The Labute approximate surface area is 113 Å². The van der Waals surface area contributed by atoms with Crippen LogP contribution in [-0.4, -0.2) is 32.1 Å². The Morgan fingerprint density at radius 2 is 2.32 bits per heavy atom. The fourth-order valence-electron chi connectivity index (χ4n) is 1.95. The van der Waals surface area contributed by atoms with Crippen LogP contribution in [0.2, 0.25) is 5.15 Å². The molecule has 1 atom stereocenters. The predicted octanol–water partition coefficient (Wildman–Crippen LogP) is 0.506. The first-order valence-corrected chi connectivity index (χ1v) is 6.15. The lowest BCUT2D eigenvalue weighted by atomic mass is 10.0. The summed E-state index contributed by atoms with van der Waals surface area (Å²) in [6.45, 7) is 0.597. The molecular formula is C11H11ClN6O. The van der Waals surface area contributed by atoms with Crippen LogP contribution in [0.1, 0.15) is 11.4 Å². The number of rotatable bonds is 2. The molecule has 3 rings (SSSR count). The molecule has 7 nitrogen and oxygen atoms in total. The largest absolute Gasteiger partial charge is 0.347 e. The van der Waals surface area contributed by atoms with Crippen molar-refractivity contribution >= 4 is 23.3 Å². The van der Waals surface area contributed by atoms with E-state index in [1.54, 1.807) is 18.5 Å². The number of aromatic amines is 1. The second-order valence-electron chi connectivity index (χ2n) is 4.20. The van der Waals surface area contributed by atoms with Crippen LogP contribution in [0.15, 0.2) is 18.5 Å². The maximum absolute atomic E-state index is 12.1. The molecule has 3 heterocycles. The van der Waals surface area contributed by atoms with Gasteiger partial charge in [0.25, 0.3) is 0 Å². The third-order valence-electron chi connectivity index (χ3n) is 2.93. The zero-order chi connectivity index (χ0) is 13.2. The van der Waals surface area contributed by atoms with Gasteiger partial charge in [0, 0.05) is 13.0 Å². The molecule has 0 saturated heterocycles. The summed E-state index contributed by atoms with van der Waals surface area (Å²) in [5, 5.41) is 13.6. The van der Waals surface area contributed by atoms with E-state index in [0.717, 1.165) is 11.4 Å². The molecule has 3 N–H and O–H groups in total. The number of amides is 1. The van der Waals surface area contributed by atoms with E-state index in [1.807, 2.05) is 0 Å². The van der Waals surface area contributed by atoms with Crippen molar-refractivity contribution in [2.45, 2.75) is 19.0 Å². The quantitative estimate of drug-likeness (QED) is 0.744. The third-order valence-corrected chi connectivity index (χ3v) is 3.13. The molecule has 0 aromatic carbocycles. The summed E-state index contributed by atoms with van der Waals surface area (Å²) in [4.78, 5) is 19.3.